The molecule has 0 aliphatic carbocycles. The van der Waals surface area contributed by atoms with Gasteiger partial charge in [0.05, 0.1) is 0 Å². The third-order valence-corrected chi connectivity index (χ3v) is 5.77. The number of rotatable bonds is 5. The molecular weight excluding hydrogens is 312 g/mol. The standard InChI is InChI=1S/C20H32N4O/c1-20(8-10-21-11-9-20)16-22-19(25)18(17-6-4-3-5-7-17)24-14-12-23(2)13-15-24/h3-7,18,21H,8-16H2,1-2H3,(H,22,25). The Labute approximate surface area is 151 Å². The molecule has 2 heterocycles. The SMILES string of the molecule is CN1CCN(C(C(=O)NCC2(C)CCNCC2)c2ccccc2)CC1. The van der Waals surface area contributed by atoms with Crippen LogP contribution in [0.2, 0.25) is 0 Å². The van der Waals surface area contributed by atoms with Gasteiger partial charge in [-0.05, 0) is 44.0 Å². The van der Waals surface area contributed by atoms with Gasteiger partial charge in [0.15, 0.2) is 0 Å². The molecule has 5 heteroatoms. The summed E-state index contributed by atoms with van der Waals surface area (Å²) >= 11 is 0. The number of benzene rings is 1. The Morgan fingerprint density at radius 1 is 1.16 bits per heavy atom. The van der Waals surface area contributed by atoms with E-state index in [4.69, 9.17) is 0 Å². The molecule has 0 radical (unpaired) electrons. The lowest BCUT2D eigenvalue weighted by Gasteiger charge is -2.39. The Morgan fingerprint density at radius 2 is 1.80 bits per heavy atom. The third-order valence-electron chi connectivity index (χ3n) is 5.77. The van der Waals surface area contributed by atoms with Gasteiger partial charge < -0.3 is 15.5 Å². The van der Waals surface area contributed by atoms with Crippen LogP contribution >= 0.6 is 0 Å². The van der Waals surface area contributed by atoms with Crippen LogP contribution in [-0.2, 0) is 4.79 Å². The van der Waals surface area contributed by atoms with Gasteiger partial charge in [-0.3, -0.25) is 9.69 Å². The molecule has 1 unspecified atom stereocenters. The highest BCUT2D eigenvalue weighted by Gasteiger charge is 2.32. The maximum atomic E-state index is 13.1. The summed E-state index contributed by atoms with van der Waals surface area (Å²) in [5.74, 6) is 0.149. The third kappa shape index (κ3) is 4.81. The summed E-state index contributed by atoms with van der Waals surface area (Å²) in [6.07, 6.45) is 2.25. The molecule has 2 aliphatic heterocycles. The molecule has 2 fully saturated rings. The molecule has 2 aliphatic rings. The minimum atomic E-state index is -0.180. The number of piperidine rings is 1. The first-order valence-corrected chi connectivity index (χ1v) is 9.53. The second kappa shape index (κ2) is 8.30. The van der Waals surface area contributed by atoms with Crippen LogP contribution in [0.15, 0.2) is 30.3 Å². The molecule has 5 nitrogen and oxygen atoms in total. The fourth-order valence-corrected chi connectivity index (χ4v) is 3.85. The first kappa shape index (κ1) is 18.4. The number of hydrogen-bond acceptors (Lipinski definition) is 4. The number of nitrogens with one attached hydrogen (secondary N) is 2. The predicted molar refractivity (Wildman–Crippen MR) is 101 cm³/mol. The lowest BCUT2D eigenvalue weighted by molar-refractivity contribution is -0.128. The molecule has 1 amide bonds. The summed E-state index contributed by atoms with van der Waals surface area (Å²) in [5, 5.41) is 6.68. The molecule has 0 bridgehead atoms. The molecule has 1 atom stereocenters. The van der Waals surface area contributed by atoms with Crippen LogP contribution in [-0.4, -0.2) is 68.6 Å². The number of carbonyl (C=O) groups excluding carboxylic acids is 1. The Kier molecular flexibility index (Phi) is 6.10. The quantitative estimate of drug-likeness (QED) is 0.849. The van der Waals surface area contributed by atoms with E-state index in [0.29, 0.717) is 0 Å². The van der Waals surface area contributed by atoms with E-state index < -0.39 is 0 Å². The molecule has 3 rings (SSSR count). The molecule has 1 aromatic rings. The summed E-state index contributed by atoms with van der Waals surface area (Å²) in [6, 6.07) is 10.0. The van der Waals surface area contributed by atoms with E-state index in [0.717, 1.165) is 64.2 Å². The van der Waals surface area contributed by atoms with Crippen LogP contribution in [0.1, 0.15) is 31.4 Å². The summed E-state index contributed by atoms with van der Waals surface area (Å²) < 4.78 is 0. The topological polar surface area (TPSA) is 47.6 Å². The average Bonchev–Trinajstić information content (AvgIpc) is 2.64. The molecule has 0 spiro atoms. The lowest BCUT2D eigenvalue weighted by Crippen LogP contribution is -2.51. The Hall–Kier alpha value is -1.43. The summed E-state index contributed by atoms with van der Waals surface area (Å²) in [6.45, 7) is 9.06. The van der Waals surface area contributed by atoms with E-state index in [1.165, 1.54) is 0 Å². The Morgan fingerprint density at radius 3 is 2.44 bits per heavy atom. The fraction of sp³-hybridized carbons (Fsp3) is 0.650. The summed E-state index contributed by atoms with van der Waals surface area (Å²) in [4.78, 5) is 17.8. The number of carbonyl (C=O) groups is 1. The molecule has 25 heavy (non-hydrogen) atoms. The van der Waals surface area contributed by atoms with Gasteiger partial charge in [0.2, 0.25) is 5.91 Å². The summed E-state index contributed by atoms with van der Waals surface area (Å²) in [5.41, 5.74) is 1.31. The van der Waals surface area contributed by atoms with Crippen LogP contribution in [0.3, 0.4) is 0 Å². The largest absolute Gasteiger partial charge is 0.354 e. The maximum absolute atomic E-state index is 13.1. The van der Waals surface area contributed by atoms with Crippen molar-refractivity contribution in [3.05, 3.63) is 35.9 Å². The second-order valence-corrected chi connectivity index (χ2v) is 7.93. The van der Waals surface area contributed by atoms with Crippen LogP contribution in [0.25, 0.3) is 0 Å². The molecule has 0 aromatic heterocycles. The smallest absolute Gasteiger partial charge is 0.241 e. The highest BCUT2D eigenvalue weighted by atomic mass is 16.2. The zero-order chi connectivity index (χ0) is 17.7. The van der Waals surface area contributed by atoms with Gasteiger partial charge in [-0.1, -0.05) is 37.3 Å². The average molecular weight is 345 g/mol. The van der Waals surface area contributed by atoms with Crippen molar-refractivity contribution in [2.24, 2.45) is 5.41 Å². The minimum absolute atomic E-state index is 0.149. The van der Waals surface area contributed by atoms with Crippen LogP contribution in [0.4, 0.5) is 0 Å². The van der Waals surface area contributed by atoms with E-state index in [9.17, 15) is 4.79 Å². The van der Waals surface area contributed by atoms with Crippen molar-refractivity contribution >= 4 is 5.91 Å². The maximum Gasteiger partial charge on any atom is 0.241 e. The number of piperazine rings is 1. The van der Waals surface area contributed by atoms with Crippen LogP contribution in [0, 0.1) is 5.41 Å². The van der Waals surface area contributed by atoms with Crippen molar-refractivity contribution in [3.63, 3.8) is 0 Å². The highest BCUT2D eigenvalue weighted by molar-refractivity contribution is 5.83. The normalized spacial score (nSPS) is 23.1. The molecular formula is C20H32N4O. The van der Waals surface area contributed by atoms with Crippen molar-refractivity contribution in [1.82, 2.24) is 20.4 Å². The van der Waals surface area contributed by atoms with Crippen molar-refractivity contribution in [1.29, 1.82) is 0 Å². The molecule has 2 saturated heterocycles. The van der Waals surface area contributed by atoms with Gasteiger partial charge in [0.25, 0.3) is 0 Å². The van der Waals surface area contributed by atoms with E-state index in [1.54, 1.807) is 0 Å². The van der Waals surface area contributed by atoms with Crippen molar-refractivity contribution < 1.29 is 4.79 Å². The van der Waals surface area contributed by atoms with E-state index in [-0.39, 0.29) is 17.4 Å². The molecule has 0 saturated carbocycles. The highest BCUT2D eigenvalue weighted by Crippen LogP contribution is 2.28. The Balaban J connectivity index is 1.69. The van der Waals surface area contributed by atoms with Crippen molar-refractivity contribution in [3.8, 4) is 0 Å². The van der Waals surface area contributed by atoms with Crippen LogP contribution in [0.5, 0.6) is 0 Å². The predicted octanol–water partition coefficient (Wildman–Crippen LogP) is 1.48. The van der Waals surface area contributed by atoms with Gasteiger partial charge in [-0.2, -0.15) is 0 Å². The Bertz CT molecular complexity index is 548. The van der Waals surface area contributed by atoms with E-state index >= 15 is 0 Å². The summed E-state index contributed by atoms with van der Waals surface area (Å²) in [7, 11) is 2.15. The van der Waals surface area contributed by atoms with Crippen LogP contribution < -0.4 is 10.6 Å². The lowest BCUT2D eigenvalue weighted by atomic mass is 9.81. The van der Waals surface area contributed by atoms with Gasteiger partial charge in [-0.25, -0.2) is 0 Å². The van der Waals surface area contributed by atoms with Crippen molar-refractivity contribution in [2.45, 2.75) is 25.8 Å². The monoisotopic (exact) mass is 344 g/mol. The zero-order valence-electron chi connectivity index (χ0n) is 15.6. The number of hydrogen-bond donors (Lipinski definition) is 2. The van der Waals surface area contributed by atoms with Gasteiger partial charge in [-0.15, -0.1) is 0 Å². The molecule has 1 aromatic carbocycles. The second-order valence-electron chi connectivity index (χ2n) is 7.93. The first-order valence-electron chi connectivity index (χ1n) is 9.53. The van der Waals surface area contributed by atoms with Gasteiger partial charge >= 0.3 is 0 Å². The molecule has 138 valence electrons. The van der Waals surface area contributed by atoms with E-state index in [2.05, 4.69) is 46.5 Å². The number of amides is 1. The number of likely N-dealkylation sites (N-methyl/N-ethyl adjacent to an activating group) is 1. The van der Waals surface area contributed by atoms with Crippen molar-refractivity contribution in [2.75, 3.05) is 52.9 Å². The van der Waals surface area contributed by atoms with Gasteiger partial charge in [0, 0.05) is 32.7 Å². The number of nitrogens with zero attached hydrogens (tertiary/aromatic N) is 2. The minimum Gasteiger partial charge on any atom is -0.354 e. The van der Waals surface area contributed by atoms with Gasteiger partial charge in [0.1, 0.15) is 6.04 Å². The molecule has 2 N–H and O–H groups in total. The van der Waals surface area contributed by atoms with E-state index in [1.807, 2.05) is 18.2 Å². The fourth-order valence-electron chi connectivity index (χ4n) is 3.85. The first-order chi connectivity index (χ1) is 12.1. The zero-order valence-corrected chi connectivity index (χ0v) is 15.6.